The van der Waals surface area contributed by atoms with Gasteiger partial charge in [0.05, 0.1) is 23.7 Å². The summed E-state index contributed by atoms with van der Waals surface area (Å²) >= 11 is 4.84. The van der Waals surface area contributed by atoms with Crippen LogP contribution in [0.5, 0.6) is 5.75 Å². The molecule has 0 radical (unpaired) electrons. The van der Waals surface area contributed by atoms with Crippen molar-refractivity contribution in [2.24, 2.45) is 0 Å². The summed E-state index contributed by atoms with van der Waals surface area (Å²) in [5.74, 6) is 0.700. The number of hydrogen-bond donors (Lipinski definition) is 0. The quantitative estimate of drug-likeness (QED) is 0.513. The molecule has 112 valence electrons. The second-order valence-electron chi connectivity index (χ2n) is 4.60. The Morgan fingerprint density at radius 1 is 1.23 bits per heavy atom. The average molecular weight is 377 g/mol. The van der Waals surface area contributed by atoms with E-state index in [2.05, 4.69) is 20.9 Å². The number of halogens is 1. The first-order chi connectivity index (χ1) is 10.6. The van der Waals surface area contributed by atoms with E-state index in [9.17, 15) is 4.79 Å². The van der Waals surface area contributed by atoms with Gasteiger partial charge < -0.3 is 4.74 Å². The van der Waals surface area contributed by atoms with Crippen LogP contribution in [0.2, 0.25) is 0 Å². The molecule has 0 aliphatic carbocycles. The van der Waals surface area contributed by atoms with E-state index < -0.39 is 0 Å². The van der Waals surface area contributed by atoms with Gasteiger partial charge in [-0.15, -0.1) is 0 Å². The van der Waals surface area contributed by atoms with Crippen LogP contribution in [-0.4, -0.2) is 22.9 Å². The van der Waals surface area contributed by atoms with Gasteiger partial charge in [-0.05, 0) is 36.6 Å². The predicted molar refractivity (Wildman–Crippen MR) is 93.4 cm³/mol. The second-order valence-corrected chi connectivity index (χ2v) is 6.29. The Bertz CT molecular complexity index is 908. The molecule has 0 unspecified atom stereocenters. The lowest BCUT2D eigenvalue weighted by Gasteiger charge is -2.12. The highest BCUT2D eigenvalue weighted by Gasteiger charge is 2.13. The van der Waals surface area contributed by atoms with Gasteiger partial charge in [0.25, 0.3) is 5.56 Å². The topological polar surface area (TPSA) is 44.1 Å². The zero-order valence-corrected chi connectivity index (χ0v) is 14.4. The Balaban J connectivity index is 2.36. The lowest BCUT2D eigenvalue weighted by Crippen LogP contribution is -2.21. The van der Waals surface area contributed by atoms with Crippen LogP contribution in [0.1, 0.15) is 0 Å². The van der Waals surface area contributed by atoms with E-state index in [0.717, 1.165) is 10.2 Å². The summed E-state index contributed by atoms with van der Waals surface area (Å²) in [5.41, 5.74) is 1.34. The molecule has 0 spiro atoms. The molecule has 22 heavy (non-hydrogen) atoms. The standard InChI is InChI=1S/C16H13BrN2O2S/c1-21-12-5-3-4-11(9-12)19-15(20)13-8-10(17)6-7-14(13)18-16(19)22-2/h3-9H,1-2H3. The van der Waals surface area contributed by atoms with E-state index in [4.69, 9.17) is 4.74 Å². The maximum absolute atomic E-state index is 12.9. The molecule has 0 saturated carbocycles. The molecule has 0 amide bonds. The summed E-state index contributed by atoms with van der Waals surface area (Å²) in [6.45, 7) is 0. The number of thioether (sulfide) groups is 1. The lowest BCUT2D eigenvalue weighted by molar-refractivity contribution is 0.414. The number of aromatic nitrogens is 2. The van der Waals surface area contributed by atoms with Gasteiger partial charge in [-0.2, -0.15) is 0 Å². The maximum Gasteiger partial charge on any atom is 0.266 e. The third-order valence-electron chi connectivity index (χ3n) is 3.29. The van der Waals surface area contributed by atoms with Crippen molar-refractivity contribution < 1.29 is 4.74 Å². The molecule has 0 fully saturated rings. The molecule has 0 N–H and O–H groups in total. The molecule has 3 aromatic rings. The van der Waals surface area contributed by atoms with Crippen molar-refractivity contribution in [2.75, 3.05) is 13.4 Å². The Labute approximate surface area is 140 Å². The summed E-state index contributed by atoms with van der Waals surface area (Å²) in [5, 5.41) is 1.23. The van der Waals surface area contributed by atoms with Gasteiger partial charge >= 0.3 is 0 Å². The largest absolute Gasteiger partial charge is 0.497 e. The highest BCUT2D eigenvalue weighted by atomic mass is 79.9. The summed E-state index contributed by atoms with van der Waals surface area (Å²) in [6, 6.07) is 12.9. The van der Waals surface area contributed by atoms with Crippen molar-refractivity contribution in [1.29, 1.82) is 0 Å². The third-order valence-corrected chi connectivity index (χ3v) is 4.43. The van der Waals surface area contributed by atoms with Crippen molar-refractivity contribution in [3.8, 4) is 11.4 Å². The van der Waals surface area contributed by atoms with Crippen molar-refractivity contribution in [2.45, 2.75) is 5.16 Å². The molecule has 2 aromatic carbocycles. The molecule has 3 rings (SSSR count). The van der Waals surface area contributed by atoms with Crippen molar-refractivity contribution in [3.05, 3.63) is 57.3 Å². The Hall–Kier alpha value is -1.79. The summed E-state index contributed by atoms with van der Waals surface area (Å²) in [4.78, 5) is 17.5. The van der Waals surface area contributed by atoms with Crippen LogP contribution in [0.15, 0.2) is 56.9 Å². The minimum atomic E-state index is -0.0936. The fourth-order valence-electron chi connectivity index (χ4n) is 2.25. The van der Waals surface area contributed by atoms with Gasteiger partial charge in [0.2, 0.25) is 0 Å². The van der Waals surface area contributed by atoms with E-state index in [1.807, 2.05) is 42.7 Å². The minimum absolute atomic E-state index is 0.0936. The molecular weight excluding hydrogens is 364 g/mol. The molecule has 6 heteroatoms. The number of nitrogens with zero attached hydrogens (tertiary/aromatic N) is 2. The number of hydrogen-bond acceptors (Lipinski definition) is 4. The molecule has 0 saturated heterocycles. The summed E-state index contributed by atoms with van der Waals surface area (Å²) < 4.78 is 7.71. The molecule has 0 aliphatic rings. The van der Waals surface area contributed by atoms with E-state index in [-0.39, 0.29) is 5.56 Å². The number of fused-ring (bicyclic) bond motifs is 1. The first-order valence-electron chi connectivity index (χ1n) is 6.55. The first kappa shape index (κ1) is 15.1. The summed E-state index contributed by atoms with van der Waals surface area (Å²) in [7, 11) is 1.60. The monoisotopic (exact) mass is 376 g/mol. The average Bonchev–Trinajstić information content (AvgIpc) is 2.55. The first-order valence-corrected chi connectivity index (χ1v) is 8.56. The molecule has 1 heterocycles. The van der Waals surface area contributed by atoms with E-state index in [0.29, 0.717) is 21.8 Å². The number of methoxy groups -OCH3 is 1. The zero-order chi connectivity index (χ0) is 15.7. The van der Waals surface area contributed by atoms with Crippen LogP contribution in [0.3, 0.4) is 0 Å². The van der Waals surface area contributed by atoms with Crippen LogP contribution in [-0.2, 0) is 0 Å². The zero-order valence-electron chi connectivity index (χ0n) is 12.0. The SMILES string of the molecule is COc1cccc(-n2c(SC)nc3ccc(Br)cc3c2=O)c1. The minimum Gasteiger partial charge on any atom is -0.497 e. The van der Waals surface area contributed by atoms with Gasteiger partial charge in [0, 0.05) is 10.5 Å². The Morgan fingerprint density at radius 2 is 2.05 bits per heavy atom. The van der Waals surface area contributed by atoms with Crippen LogP contribution >= 0.6 is 27.7 Å². The van der Waals surface area contributed by atoms with Gasteiger partial charge in [-0.1, -0.05) is 33.8 Å². The van der Waals surface area contributed by atoms with Crippen LogP contribution in [0, 0.1) is 0 Å². The molecule has 0 bridgehead atoms. The molecule has 4 nitrogen and oxygen atoms in total. The predicted octanol–water partition coefficient (Wildman–Crippen LogP) is 3.88. The summed E-state index contributed by atoms with van der Waals surface area (Å²) in [6.07, 6.45) is 1.91. The number of ether oxygens (including phenoxy) is 1. The van der Waals surface area contributed by atoms with Crippen molar-refractivity contribution in [3.63, 3.8) is 0 Å². The smallest absolute Gasteiger partial charge is 0.266 e. The molecule has 1 aromatic heterocycles. The van der Waals surface area contributed by atoms with Gasteiger partial charge in [0.15, 0.2) is 5.16 Å². The van der Waals surface area contributed by atoms with E-state index in [1.54, 1.807) is 17.7 Å². The Morgan fingerprint density at radius 3 is 2.77 bits per heavy atom. The fraction of sp³-hybridized carbons (Fsp3) is 0.125. The van der Waals surface area contributed by atoms with Crippen molar-refractivity contribution in [1.82, 2.24) is 9.55 Å². The van der Waals surface area contributed by atoms with Gasteiger partial charge in [-0.3, -0.25) is 9.36 Å². The normalized spacial score (nSPS) is 10.9. The van der Waals surface area contributed by atoms with Gasteiger partial charge in [0.1, 0.15) is 5.75 Å². The van der Waals surface area contributed by atoms with Crippen LogP contribution < -0.4 is 10.3 Å². The lowest BCUT2D eigenvalue weighted by atomic mass is 10.2. The van der Waals surface area contributed by atoms with Crippen LogP contribution in [0.25, 0.3) is 16.6 Å². The number of rotatable bonds is 3. The highest BCUT2D eigenvalue weighted by Crippen LogP contribution is 2.23. The molecule has 0 atom stereocenters. The highest BCUT2D eigenvalue weighted by molar-refractivity contribution is 9.10. The maximum atomic E-state index is 12.9. The Kier molecular flexibility index (Phi) is 4.22. The van der Waals surface area contributed by atoms with Crippen molar-refractivity contribution >= 4 is 38.6 Å². The van der Waals surface area contributed by atoms with Gasteiger partial charge in [-0.25, -0.2) is 4.98 Å². The van der Waals surface area contributed by atoms with Crippen LogP contribution in [0.4, 0.5) is 0 Å². The molecule has 0 aliphatic heterocycles. The third kappa shape index (κ3) is 2.64. The number of benzene rings is 2. The van der Waals surface area contributed by atoms with E-state index >= 15 is 0 Å². The second kappa shape index (κ2) is 6.14. The van der Waals surface area contributed by atoms with E-state index in [1.165, 1.54) is 11.8 Å². The fourth-order valence-corrected chi connectivity index (χ4v) is 3.17. The molecular formula is C16H13BrN2O2S.